The van der Waals surface area contributed by atoms with Crippen LogP contribution >= 0.6 is 0 Å². The van der Waals surface area contributed by atoms with Gasteiger partial charge >= 0.3 is 11.9 Å². The van der Waals surface area contributed by atoms with E-state index in [1.807, 2.05) is 5.01 Å². The average Bonchev–Trinajstić information content (AvgIpc) is 3.13. The molecule has 0 saturated heterocycles. The molecule has 1 atom stereocenters. The molecule has 0 bridgehead atoms. The smallest absolute Gasteiger partial charge is 0.335 e. The average molecular weight is 396 g/mol. The van der Waals surface area contributed by atoms with Gasteiger partial charge in [-0.05, 0) is 36.4 Å². The number of aromatic carboxylic acids is 2. The lowest BCUT2D eigenvalue weighted by atomic mass is 9.85. The largest absolute Gasteiger partial charge is 0.496 e. The number of carboxylic acids is 2. The van der Waals surface area contributed by atoms with Gasteiger partial charge < -0.3 is 14.9 Å². The quantitative estimate of drug-likeness (QED) is 0.775. The Kier molecular flexibility index (Phi) is 5.33. The molecule has 2 aromatic carbocycles. The van der Waals surface area contributed by atoms with Crippen molar-refractivity contribution in [1.29, 1.82) is 0 Å². The molecular formula is C22H24N2O5. The van der Waals surface area contributed by atoms with Crippen molar-refractivity contribution in [1.82, 2.24) is 0 Å². The second-order valence-corrected chi connectivity index (χ2v) is 7.98. The van der Waals surface area contributed by atoms with Gasteiger partial charge in [0.2, 0.25) is 0 Å². The Balaban J connectivity index is 2.07. The molecule has 0 aromatic heterocycles. The Labute approximate surface area is 169 Å². The number of anilines is 1. The van der Waals surface area contributed by atoms with Crippen LogP contribution in [0.5, 0.6) is 5.75 Å². The molecule has 152 valence electrons. The SMILES string of the molecule is COc1cc(C(=O)O)ccc1C1CC(C(C)(C)C)=NN1c1ccc(C(=O)O)cc1. The third kappa shape index (κ3) is 4.08. The monoisotopic (exact) mass is 396 g/mol. The van der Waals surface area contributed by atoms with E-state index in [2.05, 4.69) is 20.8 Å². The zero-order valence-corrected chi connectivity index (χ0v) is 16.8. The van der Waals surface area contributed by atoms with Crippen molar-refractivity contribution in [3.8, 4) is 5.75 Å². The summed E-state index contributed by atoms with van der Waals surface area (Å²) in [4.78, 5) is 22.5. The van der Waals surface area contributed by atoms with Crippen molar-refractivity contribution in [3.63, 3.8) is 0 Å². The maximum absolute atomic E-state index is 11.3. The van der Waals surface area contributed by atoms with Crippen LogP contribution in [0.25, 0.3) is 0 Å². The summed E-state index contributed by atoms with van der Waals surface area (Å²) < 4.78 is 5.49. The zero-order valence-electron chi connectivity index (χ0n) is 16.8. The molecule has 29 heavy (non-hydrogen) atoms. The minimum Gasteiger partial charge on any atom is -0.496 e. The van der Waals surface area contributed by atoms with Gasteiger partial charge in [-0.2, -0.15) is 5.10 Å². The summed E-state index contributed by atoms with van der Waals surface area (Å²) in [5.41, 5.74) is 2.77. The molecular weight excluding hydrogens is 372 g/mol. The fourth-order valence-electron chi connectivity index (χ4n) is 3.32. The highest BCUT2D eigenvalue weighted by Crippen LogP contribution is 2.42. The van der Waals surface area contributed by atoms with E-state index in [0.717, 1.165) is 17.0 Å². The number of ether oxygens (including phenoxy) is 1. The highest BCUT2D eigenvalue weighted by atomic mass is 16.5. The lowest BCUT2D eigenvalue weighted by Gasteiger charge is -2.25. The Bertz CT molecular complexity index is 974. The molecule has 7 nitrogen and oxygen atoms in total. The predicted molar refractivity (Wildman–Crippen MR) is 110 cm³/mol. The highest BCUT2D eigenvalue weighted by Gasteiger charge is 2.36. The standard InChI is InChI=1S/C22H24N2O5/c1-22(2,3)19-12-17(16-10-7-14(21(27)28)11-18(16)29-4)24(23-19)15-8-5-13(6-9-15)20(25)26/h5-11,17H,12H2,1-4H3,(H,25,26)(H,27,28). The zero-order chi connectivity index (χ0) is 21.3. The Morgan fingerprint density at radius 3 is 2.14 bits per heavy atom. The van der Waals surface area contributed by atoms with E-state index in [4.69, 9.17) is 14.9 Å². The molecule has 0 radical (unpaired) electrons. The molecule has 3 rings (SSSR count). The van der Waals surface area contributed by atoms with Crippen LogP contribution in [-0.2, 0) is 0 Å². The summed E-state index contributed by atoms with van der Waals surface area (Å²) in [5, 5.41) is 25.1. The lowest BCUT2D eigenvalue weighted by molar-refractivity contribution is 0.0686. The molecule has 0 spiro atoms. The van der Waals surface area contributed by atoms with E-state index in [-0.39, 0.29) is 22.6 Å². The molecule has 0 amide bonds. The van der Waals surface area contributed by atoms with Crippen LogP contribution in [0.3, 0.4) is 0 Å². The van der Waals surface area contributed by atoms with Gasteiger partial charge in [-0.25, -0.2) is 9.59 Å². The van der Waals surface area contributed by atoms with Crippen LogP contribution in [0, 0.1) is 5.41 Å². The molecule has 1 aliphatic rings. The van der Waals surface area contributed by atoms with E-state index in [1.165, 1.54) is 13.2 Å². The van der Waals surface area contributed by atoms with Gasteiger partial charge in [-0.15, -0.1) is 0 Å². The molecule has 2 aromatic rings. The van der Waals surface area contributed by atoms with E-state index in [9.17, 15) is 14.7 Å². The van der Waals surface area contributed by atoms with E-state index >= 15 is 0 Å². The molecule has 7 heteroatoms. The van der Waals surface area contributed by atoms with Crippen molar-refractivity contribution in [2.75, 3.05) is 12.1 Å². The molecule has 1 heterocycles. The Hall–Kier alpha value is -3.35. The van der Waals surface area contributed by atoms with Crippen molar-refractivity contribution >= 4 is 23.3 Å². The van der Waals surface area contributed by atoms with E-state index in [1.54, 1.807) is 36.4 Å². The van der Waals surface area contributed by atoms with Crippen LogP contribution < -0.4 is 9.75 Å². The number of nitrogens with zero attached hydrogens (tertiary/aromatic N) is 2. The minimum absolute atomic E-state index is 0.151. The second kappa shape index (κ2) is 7.58. The fourth-order valence-corrected chi connectivity index (χ4v) is 3.32. The maximum Gasteiger partial charge on any atom is 0.335 e. The van der Waals surface area contributed by atoms with Crippen molar-refractivity contribution in [2.45, 2.75) is 33.2 Å². The third-order valence-electron chi connectivity index (χ3n) is 4.99. The van der Waals surface area contributed by atoms with Crippen molar-refractivity contribution in [3.05, 3.63) is 59.2 Å². The number of carbonyl (C=O) groups is 2. The molecule has 0 fully saturated rings. The number of methoxy groups -OCH3 is 1. The molecule has 0 saturated carbocycles. The van der Waals surface area contributed by atoms with Gasteiger partial charge in [0.15, 0.2) is 0 Å². The van der Waals surface area contributed by atoms with Crippen molar-refractivity contribution < 1.29 is 24.5 Å². The van der Waals surface area contributed by atoms with Crippen LogP contribution in [0.4, 0.5) is 5.69 Å². The molecule has 0 aliphatic carbocycles. The van der Waals surface area contributed by atoms with Crippen LogP contribution in [0.2, 0.25) is 0 Å². The topological polar surface area (TPSA) is 99.4 Å². The maximum atomic E-state index is 11.3. The van der Waals surface area contributed by atoms with Gasteiger partial charge in [-0.1, -0.05) is 26.8 Å². The second-order valence-electron chi connectivity index (χ2n) is 7.98. The van der Waals surface area contributed by atoms with Crippen LogP contribution in [0.15, 0.2) is 47.6 Å². The number of hydrazone groups is 1. The minimum atomic E-state index is -1.02. The first-order valence-electron chi connectivity index (χ1n) is 9.23. The molecule has 1 aliphatic heterocycles. The number of hydrogen-bond donors (Lipinski definition) is 2. The Morgan fingerprint density at radius 2 is 1.62 bits per heavy atom. The van der Waals surface area contributed by atoms with E-state index in [0.29, 0.717) is 12.2 Å². The molecule has 1 unspecified atom stereocenters. The fraction of sp³-hybridized carbons (Fsp3) is 0.318. The Morgan fingerprint density at radius 1 is 1.03 bits per heavy atom. The number of carboxylic acid groups (broad SMARTS) is 2. The van der Waals surface area contributed by atoms with Gasteiger partial charge in [-0.3, -0.25) is 5.01 Å². The first-order valence-corrected chi connectivity index (χ1v) is 9.23. The first-order chi connectivity index (χ1) is 13.6. The van der Waals surface area contributed by atoms with Crippen molar-refractivity contribution in [2.24, 2.45) is 10.5 Å². The summed E-state index contributed by atoms with van der Waals surface area (Å²) in [6.45, 7) is 6.26. The predicted octanol–water partition coefficient (Wildman–Crippen LogP) is 4.45. The van der Waals surface area contributed by atoms with E-state index < -0.39 is 11.9 Å². The van der Waals surface area contributed by atoms with Gasteiger partial charge in [0.25, 0.3) is 0 Å². The number of benzene rings is 2. The van der Waals surface area contributed by atoms with Gasteiger partial charge in [0, 0.05) is 23.1 Å². The van der Waals surface area contributed by atoms with Crippen LogP contribution in [-0.4, -0.2) is 35.0 Å². The highest BCUT2D eigenvalue weighted by molar-refractivity contribution is 5.94. The van der Waals surface area contributed by atoms with Crippen LogP contribution in [0.1, 0.15) is 59.5 Å². The van der Waals surface area contributed by atoms with Gasteiger partial charge in [0.1, 0.15) is 5.75 Å². The summed E-state index contributed by atoms with van der Waals surface area (Å²) in [7, 11) is 1.51. The summed E-state index contributed by atoms with van der Waals surface area (Å²) >= 11 is 0. The summed E-state index contributed by atoms with van der Waals surface area (Å²) in [5.74, 6) is -1.53. The third-order valence-corrected chi connectivity index (χ3v) is 4.99. The lowest BCUT2D eigenvalue weighted by Crippen LogP contribution is -2.20. The number of hydrogen-bond acceptors (Lipinski definition) is 5. The first kappa shape index (κ1) is 20.4. The molecule has 2 N–H and O–H groups in total. The number of rotatable bonds is 5. The normalized spacial score (nSPS) is 16.5. The summed E-state index contributed by atoms with van der Waals surface area (Å²) in [6, 6.07) is 11.2. The summed E-state index contributed by atoms with van der Waals surface area (Å²) in [6.07, 6.45) is 0.646. The van der Waals surface area contributed by atoms with Gasteiger partial charge in [0.05, 0.1) is 30.0 Å².